The Morgan fingerprint density at radius 2 is 1.95 bits per heavy atom. The van der Waals surface area contributed by atoms with E-state index in [9.17, 15) is 9.59 Å². The molecule has 1 amide bonds. The number of amides is 1. The van der Waals surface area contributed by atoms with E-state index in [-0.39, 0.29) is 19.1 Å². The highest BCUT2D eigenvalue weighted by atomic mass is 32.1. The molecular weight excluding hydrogens is 266 g/mol. The number of esters is 1. The van der Waals surface area contributed by atoms with Crippen LogP contribution in [-0.2, 0) is 14.3 Å². The molecule has 6 heteroatoms. The lowest BCUT2D eigenvalue weighted by Crippen LogP contribution is -2.22. The molecule has 19 heavy (non-hydrogen) atoms. The number of carbonyl (C=O) groups is 2. The minimum absolute atomic E-state index is 0.0306. The summed E-state index contributed by atoms with van der Waals surface area (Å²) in [6.45, 7) is 1.45. The van der Waals surface area contributed by atoms with Crippen molar-refractivity contribution in [2.24, 2.45) is 5.73 Å². The van der Waals surface area contributed by atoms with Gasteiger partial charge >= 0.3 is 12.1 Å². The standard InChI is InChI=1S/C13H15NO4S/c1-9(15)17-6-11(7-18-13(14)16)12-5-3-2-4-10(12)8-19/h2-5,8,11H,6-7H2,1H3,(H2,14,16)/t11-/m1/s1. The average Bonchev–Trinajstić information content (AvgIpc) is 2.38. The second kappa shape index (κ2) is 7.48. The zero-order chi connectivity index (χ0) is 14.3. The Morgan fingerprint density at radius 1 is 1.32 bits per heavy atom. The maximum atomic E-state index is 10.9. The minimum Gasteiger partial charge on any atom is -0.465 e. The summed E-state index contributed by atoms with van der Waals surface area (Å²) in [7, 11) is 0. The minimum atomic E-state index is -0.868. The van der Waals surface area contributed by atoms with Gasteiger partial charge in [-0.05, 0) is 11.1 Å². The van der Waals surface area contributed by atoms with Crippen LogP contribution >= 0.6 is 12.2 Å². The lowest BCUT2D eigenvalue weighted by Gasteiger charge is -2.18. The summed E-state index contributed by atoms with van der Waals surface area (Å²) in [6, 6.07) is 7.37. The summed E-state index contributed by atoms with van der Waals surface area (Å²) in [4.78, 5) is 21.6. The van der Waals surface area contributed by atoms with Crippen LogP contribution in [0.15, 0.2) is 24.3 Å². The first-order chi connectivity index (χ1) is 9.04. The van der Waals surface area contributed by atoms with E-state index in [1.807, 2.05) is 24.3 Å². The number of carbonyl (C=O) groups excluding carboxylic acids is 2. The van der Waals surface area contributed by atoms with Gasteiger partial charge < -0.3 is 15.2 Å². The molecule has 0 aliphatic rings. The number of benzene rings is 1. The Morgan fingerprint density at radius 3 is 2.53 bits per heavy atom. The van der Waals surface area contributed by atoms with Gasteiger partial charge in [0.25, 0.3) is 0 Å². The first-order valence-electron chi connectivity index (χ1n) is 5.64. The zero-order valence-electron chi connectivity index (χ0n) is 10.5. The van der Waals surface area contributed by atoms with Crippen molar-refractivity contribution in [3.8, 4) is 0 Å². The highest BCUT2D eigenvalue weighted by Crippen LogP contribution is 2.20. The number of hydrogen-bond donors (Lipinski definition) is 1. The van der Waals surface area contributed by atoms with E-state index < -0.39 is 12.1 Å². The van der Waals surface area contributed by atoms with Gasteiger partial charge in [-0.2, -0.15) is 0 Å². The van der Waals surface area contributed by atoms with Crippen LogP contribution in [0.4, 0.5) is 4.79 Å². The van der Waals surface area contributed by atoms with E-state index in [4.69, 9.17) is 27.4 Å². The van der Waals surface area contributed by atoms with E-state index in [1.165, 1.54) is 12.3 Å². The van der Waals surface area contributed by atoms with E-state index >= 15 is 0 Å². The third-order valence-electron chi connectivity index (χ3n) is 2.48. The number of nitrogens with two attached hydrogens (primary N) is 1. The Bertz CT molecular complexity index is 457. The maximum Gasteiger partial charge on any atom is 0.404 e. The lowest BCUT2D eigenvalue weighted by atomic mass is 9.96. The second-order valence-corrected chi connectivity index (χ2v) is 4.11. The molecule has 0 radical (unpaired) electrons. The second-order valence-electron chi connectivity index (χ2n) is 3.88. The number of primary amides is 1. The van der Waals surface area contributed by atoms with Gasteiger partial charge in [-0.25, -0.2) is 4.79 Å². The van der Waals surface area contributed by atoms with Crippen molar-refractivity contribution in [2.45, 2.75) is 12.8 Å². The summed E-state index contributed by atoms with van der Waals surface area (Å²) >= 11 is 4.93. The fourth-order valence-electron chi connectivity index (χ4n) is 1.62. The van der Waals surface area contributed by atoms with Gasteiger partial charge in [0.2, 0.25) is 0 Å². The van der Waals surface area contributed by atoms with Crippen molar-refractivity contribution in [3.63, 3.8) is 0 Å². The Hall–Kier alpha value is -1.95. The molecule has 0 aliphatic carbocycles. The average molecular weight is 281 g/mol. The molecule has 2 N–H and O–H groups in total. The maximum absolute atomic E-state index is 10.9. The molecule has 0 saturated carbocycles. The smallest absolute Gasteiger partial charge is 0.404 e. The quantitative estimate of drug-likeness (QED) is 0.635. The van der Waals surface area contributed by atoms with Gasteiger partial charge in [-0.15, -0.1) is 0 Å². The number of hydrogen-bond acceptors (Lipinski definition) is 5. The Balaban J connectivity index is 2.89. The fraction of sp³-hybridized carbons (Fsp3) is 0.308. The molecule has 0 saturated heterocycles. The molecule has 0 aliphatic heterocycles. The predicted octanol–water partition coefficient (Wildman–Crippen LogP) is 1.78. The molecule has 0 heterocycles. The molecule has 0 unspecified atom stereocenters. The van der Waals surface area contributed by atoms with E-state index in [0.717, 1.165) is 11.1 Å². The summed E-state index contributed by atoms with van der Waals surface area (Å²) in [5.74, 6) is -0.698. The lowest BCUT2D eigenvalue weighted by molar-refractivity contribution is -0.141. The van der Waals surface area contributed by atoms with Crippen molar-refractivity contribution >= 4 is 29.6 Å². The monoisotopic (exact) mass is 281 g/mol. The summed E-state index contributed by atoms with van der Waals surface area (Å²) in [5, 5.41) is 1.53. The molecular formula is C13H15NO4S. The normalized spacial score (nSPS) is 11.4. The highest BCUT2D eigenvalue weighted by molar-refractivity contribution is 7.79. The molecule has 102 valence electrons. The van der Waals surface area contributed by atoms with Crippen LogP contribution in [0.2, 0.25) is 0 Å². The van der Waals surface area contributed by atoms with Crippen LogP contribution in [0.25, 0.3) is 0 Å². The topological polar surface area (TPSA) is 78.6 Å². The van der Waals surface area contributed by atoms with Gasteiger partial charge in [0.15, 0.2) is 0 Å². The van der Waals surface area contributed by atoms with Gasteiger partial charge in [0, 0.05) is 12.3 Å². The van der Waals surface area contributed by atoms with Crippen LogP contribution in [0.1, 0.15) is 24.0 Å². The molecule has 1 aromatic carbocycles. The van der Waals surface area contributed by atoms with Gasteiger partial charge in [0.05, 0.1) is 5.92 Å². The molecule has 0 bridgehead atoms. The number of thiocarbonyl (C=S) groups is 1. The van der Waals surface area contributed by atoms with Crippen LogP contribution in [0.5, 0.6) is 0 Å². The zero-order valence-corrected chi connectivity index (χ0v) is 11.3. The van der Waals surface area contributed by atoms with E-state index in [1.54, 1.807) is 0 Å². The number of ether oxygens (including phenoxy) is 2. The first-order valence-corrected chi connectivity index (χ1v) is 6.11. The van der Waals surface area contributed by atoms with Crippen molar-refractivity contribution < 1.29 is 19.1 Å². The van der Waals surface area contributed by atoms with Crippen LogP contribution in [0, 0.1) is 0 Å². The van der Waals surface area contributed by atoms with Crippen LogP contribution in [0.3, 0.4) is 0 Å². The molecule has 5 nitrogen and oxygen atoms in total. The molecule has 0 spiro atoms. The van der Waals surface area contributed by atoms with E-state index in [0.29, 0.717) is 0 Å². The van der Waals surface area contributed by atoms with Gasteiger partial charge in [0.1, 0.15) is 13.2 Å². The van der Waals surface area contributed by atoms with Crippen LogP contribution < -0.4 is 5.73 Å². The van der Waals surface area contributed by atoms with Crippen molar-refractivity contribution in [3.05, 3.63) is 35.4 Å². The number of rotatable bonds is 6. The third-order valence-corrected chi connectivity index (χ3v) is 2.73. The third kappa shape index (κ3) is 5.05. The van der Waals surface area contributed by atoms with E-state index in [2.05, 4.69) is 0 Å². The van der Waals surface area contributed by atoms with Crippen molar-refractivity contribution in [1.29, 1.82) is 0 Å². The first kappa shape index (κ1) is 15.1. The molecule has 1 rings (SSSR count). The Labute approximate surface area is 116 Å². The highest BCUT2D eigenvalue weighted by Gasteiger charge is 2.17. The van der Waals surface area contributed by atoms with Crippen molar-refractivity contribution in [2.75, 3.05) is 13.2 Å². The molecule has 1 atom stereocenters. The summed E-state index contributed by atoms with van der Waals surface area (Å²) in [6.07, 6.45) is -0.868. The SMILES string of the molecule is CC(=O)OC[C@H](COC(N)=O)c1ccccc1C=S. The van der Waals surface area contributed by atoms with Gasteiger partial charge in [-0.1, -0.05) is 36.5 Å². The summed E-state index contributed by atoms with van der Waals surface area (Å²) in [5.41, 5.74) is 6.62. The largest absolute Gasteiger partial charge is 0.465 e. The Kier molecular flexibility index (Phi) is 5.95. The van der Waals surface area contributed by atoms with Crippen molar-refractivity contribution in [1.82, 2.24) is 0 Å². The molecule has 0 aromatic heterocycles. The molecule has 0 fully saturated rings. The molecule has 1 aromatic rings. The summed E-state index contributed by atoms with van der Waals surface area (Å²) < 4.78 is 9.76. The fourth-order valence-corrected chi connectivity index (χ4v) is 1.83. The van der Waals surface area contributed by atoms with Crippen LogP contribution in [-0.4, -0.2) is 30.6 Å². The predicted molar refractivity (Wildman–Crippen MR) is 74.1 cm³/mol. The van der Waals surface area contributed by atoms with Gasteiger partial charge in [-0.3, -0.25) is 4.79 Å².